The van der Waals surface area contributed by atoms with Crippen LogP contribution in [0, 0.1) is 0 Å². The van der Waals surface area contributed by atoms with Gasteiger partial charge in [0.15, 0.2) is 0 Å². The van der Waals surface area contributed by atoms with E-state index in [1.807, 2.05) is 0 Å². The summed E-state index contributed by atoms with van der Waals surface area (Å²) in [7, 11) is 0. The second-order valence-electron chi connectivity index (χ2n) is 3.11. The van der Waals surface area contributed by atoms with Gasteiger partial charge in [-0.25, -0.2) is 0 Å². The van der Waals surface area contributed by atoms with E-state index in [0.717, 1.165) is 4.47 Å². The van der Waals surface area contributed by atoms with Crippen molar-refractivity contribution in [1.29, 1.82) is 0 Å². The third-order valence-electron chi connectivity index (χ3n) is 2.10. The maximum atomic E-state index is 11.4. The molecule has 0 aromatic carbocycles. The zero-order chi connectivity index (χ0) is 10.1. The molecule has 2 rings (SSSR count). The van der Waals surface area contributed by atoms with Gasteiger partial charge in [0.25, 0.3) is 5.91 Å². The Kier molecular flexibility index (Phi) is 2.37. The van der Waals surface area contributed by atoms with Gasteiger partial charge in [-0.15, -0.1) is 0 Å². The number of nitrogens with zero attached hydrogens (tertiary/aromatic N) is 2. The number of piperidine rings is 1. The van der Waals surface area contributed by atoms with Crippen LogP contribution in [-0.4, -0.2) is 21.6 Å². The molecular weight excluding hydrogens is 250 g/mol. The second kappa shape index (κ2) is 3.53. The van der Waals surface area contributed by atoms with Crippen molar-refractivity contribution >= 4 is 27.7 Å². The van der Waals surface area contributed by atoms with E-state index >= 15 is 0 Å². The van der Waals surface area contributed by atoms with E-state index in [9.17, 15) is 9.59 Å². The minimum atomic E-state index is -0.362. The topological polar surface area (TPSA) is 64.0 Å². The highest BCUT2D eigenvalue weighted by molar-refractivity contribution is 9.10. The summed E-state index contributed by atoms with van der Waals surface area (Å²) in [4.78, 5) is 22.3. The largest absolute Gasteiger partial charge is 0.295 e. The first-order valence-corrected chi connectivity index (χ1v) is 4.99. The van der Waals surface area contributed by atoms with Gasteiger partial charge in [0.2, 0.25) is 5.91 Å². The highest BCUT2D eigenvalue weighted by Gasteiger charge is 2.28. The molecule has 0 saturated carbocycles. The molecule has 0 spiro atoms. The van der Waals surface area contributed by atoms with Gasteiger partial charge in [-0.05, 0) is 22.4 Å². The molecule has 1 atom stereocenters. The molecule has 1 aromatic heterocycles. The molecule has 0 aliphatic carbocycles. The minimum Gasteiger partial charge on any atom is -0.295 e. The van der Waals surface area contributed by atoms with Gasteiger partial charge in [-0.1, -0.05) is 0 Å². The average Bonchev–Trinajstić information content (AvgIpc) is 2.51. The number of aromatic nitrogens is 2. The van der Waals surface area contributed by atoms with Crippen molar-refractivity contribution in [2.75, 3.05) is 0 Å². The molecule has 1 N–H and O–H groups in total. The van der Waals surface area contributed by atoms with Crippen LogP contribution in [0.5, 0.6) is 0 Å². The molecular formula is C8H8BrN3O2. The lowest BCUT2D eigenvalue weighted by molar-refractivity contribution is -0.135. The smallest absolute Gasteiger partial charge is 0.251 e. The fraction of sp³-hybridized carbons (Fsp3) is 0.375. The molecule has 1 aliphatic rings. The SMILES string of the molecule is O=C1CCC(n2cc(Br)cn2)C(=O)N1. The van der Waals surface area contributed by atoms with Crippen molar-refractivity contribution in [3.8, 4) is 0 Å². The monoisotopic (exact) mass is 257 g/mol. The van der Waals surface area contributed by atoms with E-state index in [1.54, 1.807) is 17.1 Å². The Morgan fingerprint density at radius 2 is 2.36 bits per heavy atom. The molecule has 2 heterocycles. The quantitative estimate of drug-likeness (QED) is 0.751. The summed E-state index contributed by atoms with van der Waals surface area (Å²) < 4.78 is 2.38. The van der Waals surface area contributed by atoms with Gasteiger partial charge in [-0.3, -0.25) is 19.6 Å². The van der Waals surface area contributed by atoms with Crippen LogP contribution < -0.4 is 5.32 Å². The van der Waals surface area contributed by atoms with Crippen molar-refractivity contribution in [2.45, 2.75) is 18.9 Å². The number of carbonyl (C=O) groups excluding carboxylic acids is 2. The van der Waals surface area contributed by atoms with Crippen LogP contribution in [0.2, 0.25) is 0 Å². The van der Waals surface area contributed by atoms with Gasteiger partial charge >= 0.3 is 0 Å². The standard InChI is InChI=1S/C8H8BrN3O2/c9-5-3-10-12(4-5)6-1-2-7(13)11-8(6)14/h3-4,6H,1-2H2,(H,11,13,14). The van der Waals surface area contributed by atoms with Crippen molar-refractivity contribution < 1.29 is 9.59 Å². The van der Waals surface area contributed by atoms with E-state index < -0.39 is 0 Å². The van der Waals surface area contributed by atoms with E-state index in [0.29, 0.717) is 12.8 Å². The Morgan fingerprint density at radius 3 is 2.93 bits per heavy atom. The number of carbonyl (C=O) groups is 2. The summed E-state index contributed by atoms with van der Waals surface area (Å²) in [6.07, 6.45) is 4.22. The molecule has 5 nitrogen and oxygen atoms in total. The summed E-state index contributed by atoms with van der Waals surface area (Å²) >= 11 is 3.25. The first kappa shape index (κ1) is 9.39. The Bertz CT molecular complexity index is 388. The van der Waals surface area contributed by atoms with Gasteiger partial charge in [0.05, 0.1) is 10.7 Å². The van der Waals surface area contributed by atoms with Crippen LogP contribution in [0.3, 0.4) is 0 Å². The first-order valence-electron chi connectivity index (χ1n) is 4.20. The lowest BCUT2D eigenvalue weighted by atomic mass is 10.1. The fourth-order valence-corrected chi connectivity index (χ4v) is 1.72. The maximum Gasteiger partial charge on any atom is 0.251 e. The highest BCUT2D eigenvalue weighted by atomic mass is 79.9. The van der Waals surface area contributed by atoms with E-state index in [1.165, 1.54) is 0 Å². The first-order chi connectivity index (χ1) is 6.66. The van der Waals surface area contributed by atoms with Gasteiger partial charge < -0.3 is 0 Å². The summed E-state index contributed by atoms with van der Waals surface area (Å²) in [6.45, 7) is 0. The van der Waals surface area contributed by atoms with Crippen LogP contribution in [-0.2, 0) is 9.59 Å². The predicted octanol–water partition coefficient (Wildman–Crippen LogP) is 0.623. The minimum absolute atomic E-state index is 0.211. The number of rotatable bonds is 1. The predicted molar refractivity (Wildman–Crippen MR) is 51.3 cm³/mol. The van der Waals surface area contributed by atoms with Crippen molar-refractivity contribution in [2.24, 2.45) is 0 Å². The second-order valence-corrected chi connectivity index (χ2v) is 4.02. The third-order valence-corrected chi connectivity index (χ3v) is 2.51. The summed E-state index contributed by atoms with van der Waals surface area (Å²) in [5.41, 5.74) is 0. The Labute approximate surface area is 88.6 Å². The molecule has 0 radical (unpaired) electrons. The molecule has 6 heteroatoms. The Morgan fingerprint density at radius 1 is 1.57 bits per heavy atom. The van der Waals surface area contributed by atoms with Crippen LogP contribution in [0.15, 0.2) is 16.9 Å². The van der Waals surface area contributed by atoms with Crippen LogP contribution >= 0.6 is 15.9 Å². The summed E-state index contributed by atoms with van der Waals surface area (Å²) in [5, 5.41) is 6.30. The van der Waals surface area contributed by atoms with E-state index in [-0.39, 0.29) is 17.9 Å². The number of hydrogen-bond donors (Lipinski definition) is 1. The van der Waals surface area contributed by atoms with Crippen LogP contribution in [0.25, 0.3) is 0 Å². The molecule has 1 aliphatic heterocycles. The molecule has 1 fully saturated rings. The average molecular weight is 258 g/mol. The fourth-order valence-electron chi connectivity index (χ4n) is 1.42. The van der Waals surface area contributed by atoms with Gasteiger partial charge in [-0.2, -0.15) is 5.10 Å². The van der Waals surface area contributed by atoms with Crippen molar-refractivity contribution in [3.05, 3.63) is 16.9 Å². The lowest BCUT2D eigenvalue weighted by Crippen LogP contribution is -2.41. The molecule has 0 bridgehead atoms. The Balaban J connectivity index is 2.19. The van der Waals surface area contributed by atoms with Crippen molar-refractivity contribution in [1.82, 2.24) is 15.1 Å². The number of nitrogens with one attached hydrogen (secondary N) is 1. The molecule has 14 heavy (non-hydrogen) atoms. The zero-order valence-electron chi connectivity index (χ0n) is 7.24. The van der Waals surface area contributed by atoms with E-state index in [4.69, 9.17) is 0 Å². The zero-order valence-corrected chi connectivity index (χ0v) is 8.82. The molecule has 74 valence electrons. The molecule has 1 unspecified atom stereocenters. The molecule has 1 aromatic rings. The number of imide groups is 1. The molecule has 2 amide bonds. The maximum absolute atomic E-state index is 11.4. The normalized spacial score (nSPS) is 22.2. The van der Waals surface area contributed by atoms with Crippen LogP contribution in [0.1, 0.15) is 18.9 Å². The Hall–Kier alpha value is -1.17. The number of halogens is 1. The number of amides is 2. The molecule has 1 saturated heterocycles. The third kappa shape index (κ3) is 1.70. The van der Waals surface area contributed by atoms with Crippen LogP contribution in [0.4, 0.5) is 0 Å². The van der Waals surface area contributed by atoms with Crippen molar-refractivity contribution in [3.63, 3.8) is 0 Å². The lowest BCUT2D eigenvalue weighted by Gasteiger charge is -2.20. The van der Waals surface area contributed by atoms with Gasteiger partial charge in [0.1, 0.15) is 6.04 Å². The van der Waals surface area contributed by atoms with Gasteiger partial charge in [0, 0.05) is 12.6 Å². The highest BCUT2D eigenvalue weighted by Crippen LogP contribution is 2.19. The summed E-state index contributed by atoms with van der Waals surface area (Å²) in [5.74, 6) is -0.491. The number of hydrogen-bond acceptors (Lipinski definition) is 3. The van der Waals surface area contributed by atoms with E-state index in [2.05, 4.69) is 26.3 Å². The summed E-state index contributed by atoms with van der Waals surface area (Å²) in [6, 6.07) is -0.362.